The van der Waals surface area contributed by atoms with Gasteiger partial charge in [-0.3, -0.25) is 4.98 Å². The lowest BCUT2D eigenvalue weighted by Gasteiger charge is -2.04. The van der Waals surface area contributed by atoms with Crippen LogP contribution in [0.1, 0.15) is 23.7 Å². The minimum absolute atomic E-state index is 0.674. The van der Waals surface area contributed by atoms with Crippen molar-refractivity contribution < 1.29 is 4.74 Å². The molecule has 0 amide bonds. The van der Waals surface area contributed by atoms with E-state index in [4.69, 9.17) is 4.74 Å². The Balaban J connectivity index is 1.72. The zero-order chi connectivity index (χ0) is 12.6. The van der Waals surface area contributed by atoms with Gasteiger partial charge in [0.15, 0.2) is 0 Å². The van der Waals surface area contributed by atoms with Gasteiger partial charge in [-0.05, 0) is 23.6 Å². The van der Waals surface area contributed by atoms with Crippen molar-refractivity contribution in [3.8, 4) is 0 Å². The summed E-state index contributed by atoms with van der Waals surface area (Å²) in [6.07, 6.45) is 3.86. The van der Waals surface area contributed by atoms with Crippen molar-refractivity contribution >= 4 is 0 Å². The van der Waals surface area contributed by atoms with Crippen LogP contribution in [0.4, 0.5) is 0 Å². The van der Waals surface area contributed by atoms with E-state index in [1.165, 1.54) is 11.1 Å². The summed E-state index contributed by atoms with van der Waals surface area (Å²) in [5.41, 5.74) is 3.59. The number of ether oxygens (including phenoxy) is 1. The van der Waals surface area contributed by atoms with Crippen LogP contribution in [0, 0.1) is 0 Å². The fourth-order valence-electron chi connectivity index (χ4n) is 1.75. The van der Waals surface area contributed by atoms with E-state index >= 15 is 0 Å². The Morgan fingerprint density at radius 1 is 1.00 bits per heavy atom. The Morgan fingerprint density at radius 3 is 2.50 bits per heavy atom. The van der Waals surface area contributed by atoms with Gasteiger partial charge in [0.1, 0.15) is 0 Å². The molecule has 0 spiro atoms. The van der Waals surface area contributed by atoms with Crippen molar-refractivity contribution in [1.29, 1.82) is 0 Å². The van der Waals surface area contributed by atoms with Gasteiger partial charge in [0.2, 0.25) is 0 Å². The van der Waals surface area contributed by atoms with E-state index in [0.717, 1.165) is 18.5 Å². The maximum absolute atomic E-state index is 5.64. The number of hydrogen-bond donors (Lipinski definition) is 0. The smallest absolute Gasteiger partial charge is 0.0717 e. The number of hydrogen-bond acceptors (Lipinski definition) is 2. The van der Waals surface area contributed by atoms with Crippen molar-refractivity contribution in [2.75, 3.05) is 6.61 Å². The molecule has 1 heterocycles. The van der Waals surface area contributed by atoms with Crippen molar-refractivity contribution in [2.24, 2.45) is 0 Å². The molecule has 2 rings (SSSR count). The molecule has 0 fully saturated rings. The van der Waals surface area contributed by atoms with Crippen molar-refractivity contribution in [2.45, 2.75) is 26.4 Å². The molecule has 0 saturated carbocycles. The van der Waals surface area contributed by atoms with Crippen molar-refractivity contribution in [3.05, 3.63) is 65.5 Å². The first kappa shape index (κ1) is 12.8. The summed E-state index contributed by atoms with van der Waals surface area (Å²) in [5, 5.41) is 0. The molecule has 0 bridgehead atoms. The van der Waals surface area contributed by atoms with Gasteiger partial charge >= 0.3 is 0 Å². The Kier molecular flexibility index (Phi) is 4.91. The number of pyridine rings is 1. The first-order valence-electron chi connectivity index (χ1n) is 6.44. The van der Waals surface area contributed by atoms with Gasteiger partial charge in [0.25, 0.3) is 0 Å². The molecule has 0 N–H and O–H groups in total. The van der Waals surface area contributed by atoms with Gasteiger partial charge in [0, 0.05) is 18.3 Å². The molecule has 2 heteroatoms. The molecular weight excluding hydrogens is 222 g/mol. The van der Waals surface area contributed by atoms with Crippen LogP contribution < -0.4 is 0 Å². The Labute approximate surface area is 109 Å². The summed E-state index contributed by atoms with van der Waals surface area (Å²) in [6, 6.07) is 14.5. The SMILES string of the molecule is CCc1ccc(CCOCc2ccccc2)nc1. The second-order valence-corrected chi connectivity index (χ2v) is 4.30. The molecule has 0 atom stereocenters. The van der Waals surface area contributed by atoms with Crippen LogP contribution >= 0.6 is 0 Å². The molecule has 1 aromatic heterocycles. The molecule has 0 aliphatic heterocycles. The third-order valence-electron chi connectivity index (χ3n) is 2.91. The summed E-state index contributed by atoms with van der Waals surface area (Å²) in [7, 11) is 0. The fourth-order valence-corrected chi connectivity index (χ4v) is 1.75. The van der Waals surface area contributed by atoms with Gasteiger partial charge < -0.3 is 4.74 Å². The normalized spacial score (nSPS) is 10.5. The highest BCUT2D eigenvalue weighted by atomic mass is 16.5. The maximum Gasteiger partial charge on any atom is 0.0717 e. The molecule has 0 unspecified atom stereocenters. The molecule has 18 heavy (non-hydrogen) atoms. The monoisotopic (exact) mass is 241 g/mol. The summed E-state index contributed by atoms with van der Waals surface area (Å²) >= 11 is 0. The van der Waals surface area contributed by atoms with Crippen LogP contribution in [0.15, 0.2) is 48.7 Å². The number of aromatic nitrogens is 1. The van der Waals surface area contributed by atoms with E-state index in [1.807, 2.05) is 24.4 Å². The molecule has 2 aromatic rings. The standard InChI is InChI=1S/C16H19NO/c1-2-14-8-9-16(17-12-14)10-11-18-13-15-6-4-3-5-7-15/h3-9,12H,2,10-11,13H2,1H3. The van der Waals surface area contributed by atoms with Crippen molar-refractivity contribution in [3.63, 3.8) is 0 Å². The van der Waals surface area contributed by atoms with E-state index in [9.17, 15) is 0 Å². The van der Waals surface area contributed by atoms with Crippen LogP contribution in [0.3, 0.4) is 0 Å². The topological polar surface area (TPSA) is 22.1 Å². The highest BCUT2D eigenvalue weighted by Gasteiger charge is 1.96. The average Bonchev–Trinajstić information content (AvgIpc) is 2.45. The fraction of sp³-hybridized carbons (Fsp3) is 0.312. The quantitative estimate of drug-likeness (QED) is 0.723. The van der Waals surface area contributed by atoms with Gasteiger partial charge in [-0.1, -0.05) is 43.3 Å². The second kappa shape index (κ2) is 6.92. The van der Waals surface area contributed by atoms with Gasteiger partial charge in [-0.25, -0.2) is 0 Å². The first-order valence-corrected chi connectivity index (χ1v) is 6.44. The molecule has 0 radical (unpaired) electrons. The number of benzene rings is 1. The lowest BCUT2D eigenvalue weighted by Crippen LogP contribution is -2.01. The minimum Gasteiger partial charge on any atom is -0.376 e. The molecule has 0 aliphatic carbocycles. The maximum atomic E-state index is 5.64. The van der Waals surface area contributed by atoms with E-state index in [2.05, 4.69) is 36.2 Å². The van der Waals surface area contributed by atoms with Crippen LogP contribution in [0.2, 0.25) is 0 Å². The average molecular weight is 241 g/mol. The Hall–Kier alpha value is -1.67. The van der Waals surface area contributed by atoms with Gasteiger partial charge in [-0.15, -0.1) is 0 Å². The van der Waals surface area contributed by atoms with E-state index in [0.29, 0.717) is 13.2 Å². The molecular formula is C16H19NO. The largest absolute Gasteiger partial charge is 0.376 e. The number of rotatable bonds is 6. The Morgan fingerprint density at radius 2 is 1.83 bits per heavy atom. The highest BCUT2D eigenvalue weighted by molar-refractivity contribution is 5.14. The zero-order valence-electron chi connectivity index (χ0n) is 10.8. The summed E-state index contributed by atoms with van der Waals surface area (Å²) in [4.78, 5) is 4.41. The lowest BCUT2D eigenvalue weighted by atomic mass is 10.2. The van der Waals surface area contributed by atoms with Crippen LogP contribution in [0.5, 0.6) is 0 Å². The lowest BCUT2D eigenvalue weighted by molar-refractivity contribution is 0.123. The molecule has 1 aromatic carbocycles. The van der Waals surface area contributed by atoms with Crippen LogP contribution in [0.25, 0.3) is 0 Å². The highest BCUT2D eigenvalue weighted by Crippen LogP contribution is 2.04. The van der Waals surface area contributed by atoms with Gasteiger partial charge in [0.05, 0.1) is 13.2 Å². The van der Waals surface area contributed by atoms with Gasteiger partial charge in [-0.2, -0.15) is 0 Å². The number of nitrogens with zero attached hydrogens (tertiary/aromatic N) is 1. The number of aryl methyl sites for hydroxylation is 1. The predicted molar refractivity (Wildman–Crippen MR) is 73.4 cm³/mol. The Bertz CT molecular complexity index is 450. The third-order valence-corrected chi connectivity index (χ3v) is 2.91. The molecule has 0 aliphatic rings. The van der Waals surface area contributed by atoms with Crippen LogP contribution in [-0.2, 0) is 24.2 Å². The first-order chi connectivity index (χ1) is 8.88. The van der Waals surface area contributed by atoms with E-state index in [-0.39, 0.29) is 0 Å². The molecule has 2 nitrogen and oxygen atoms in total. The minimum atomic E-state index is 0.674. The molecule has 94 valence electrons. The third kappa shape index (κ3) is 3.97. The van der Waals surface area contributed by atoms with Crippen molar-refractivity contribution in [1.82, 2.24) is 4.98 Å². The van der Waals surface area contributed by atoms with E-state index < -0.39 is 0 Å². The zero-order valence-corrected chi connectivity index (χ0v) is 10.8. The summed E-state index contributed by atoms with van der Waals surface area (Å²) in [5.74, 6) is 0. The van der Waals surface area contributed by atoms with E-state index in [1.54, 1.807) is 0 Å². The second-order valence-electron chi connectivity index (χ2n) is 4.30. The summed E-state index contributed by atoms with van der Waals surface area (Å²) in [6.45, 7) is 3.53. The predicted octanol–water partition coefficient (Wildman–Crippen LogP) is 3.40. The van der Waals surface area contributed by atoms with Crippen LogP contribution in [-0.4, -0.2) is 11.6 Å². The summed E-state index contributed by atoms with van der Waals surface area (Å²) < 4.78 is 5.64. The molecule has 0 saturated heterocycles.